The molecule has 1 amide bonds. The zero-order valence-corrected chi connectivity index (χ0v) is 17.0. The molecule has 0 unspecified atom stereocenters. The van der Waals surface area contributed by atoms with E-state index in [0.29, 0.717) is 21.8 Å². The number of hydrogen-bond acceptors (Lipinski definition) is 6. The van der Waals surface area contributed by atoms with Crippen LogP contribution in [0.4, 0.5) is 5.13 Å². The van der Waals surface area contributed by atoms with Gasteiger partial charge in [-0.05, 0) is 36.4 Å². The average molecular weight is 428 g/mol. The summed E-state index contributed by atoms with van der Waals surface area (Å²) in [7, 11) is 0. The molecule has 0 saturated heterocycles. The lowest BCUT2D eigenvalue weighted by Crippen LogP contribution is -2.27. The van der Waals surface area contributed by atoms with Crippen LogP contribution in [0.5, 0.6) is 11.5 Å². The van der Waals surface area contributed by atoms with Crippen molar-refractivity contribution < 1.29 is 9.53 Å². The molecule has 0 atom stereocenters. The van der Waals surface area contributed by atoms with Crippen molar-refractivity contribution in [2.45, 2.75) is 6.54 Å². The molecule has 1 N–H and O–H groups in total. The Morgan fingerprint density at radius 2 is 1.77 bits per heavy atom. The van der Waals surface area contributed by atoms with E-state index in [0.717, 1.165) is 16.0 Å². The van der Waals surface area contributed by atoms with Crippen LogP contribution in [-0.4, -0.2) is 20.4 Å². The monoisotopic (exact) mass is 428 g/mol. The zero-order chi connectivity index (χ0) is 21.2. The van der Waals surface area contributed by atoms with Crippen LogP contribution in [-0.2, 0) is 11.3 Å². The molecule has 2 heterocycles. The number of fused-ring (bicyclic) bond motifs is 2. The van der Waals surface area contributed by atoms with Gasteiger partial charge < -0.3 is 10.1 Å². The summed E-state index contributed by atoms with van der Waals surface area (Å²) >= 11 is 1.34. The van der Waals surface area contributed by atoms with E-state index in [9.17, 15) is 9.59 Å². The molecule has 7 nitrogen and oxygen atoms in total. The highest BCUT2D eigenvalue weighted by molar-refractivity contribution is 7.22. The van der Waals surface area contributed by atoms with Crippen LogP contribution < -0.4 is 15.6 Å². The van der Waals surface area contributed by atoms with Crippen LogP contribution in [0.3, 0.4) is 0 Å². The van der Waals surface area contributed by atoms with Crippen molar-refractivity contribution >= 4 is 43.5 Å². The normalized spacial score (nSPS) is 11.0. The largest absolute Gasteiger partial charge is 0.457 e. The molecule has 0 spiro atoms. The van der Waals surface area contributed by atoms with Crippen molar-refractivity contribution in [1.29, 1.82) is 0 Å². The quantitative estimate of drug-likeness (QED) is 0.447. The Kier molecular flexibility index (Phi) is 4.89. The van der Waals surface area contributed by atoms with Gasteiger partial charge in [-0.15, -0.1) is 0 Å². The number of carbonyl (C=O) groups is 1. The van der Waals surface area contributed by atoms with E-state index in [-0.39, 0.29) is 18.0 Å². The molecular formula is C23H16N4O3S. The third kappa shape index (κ3) is 4.01. The molecule has 8 heteroatoms. The summed E-state index contributed by atoms with van der Waals surface area (Å²) in [6.07, 6.45) is 1.38. The highest BCUT2D eigenvalue weighted by atomic mass is 32.1. The van der Waals surface area contributed by atoms with Gasteiger partial charge in [-0.2, -0.15) is 0 Å². The number of benzene rings is 3. The Hall–Kier alpha value is -4.04. The molecule has 152 valence electrons. The standard InChI is InChI=1S/C23H16N4O3S/c28-21(13-27-14-24-18-9-5-4-8-17(18)22(27)29)26-23-25-19-11-10-16(12-20(19)31-23)30-15-6-2-1-3-7-15/h1-12,14H,13H2,(H,25,26,28). The molecule has 0 saturated carbocycles. The number of hydrogen-bond donors (Lipinski definition) is 1. The minimum atomic E-state index is -0.348. The maximum atomic E-state index is 12.6. The first-order chi connectivity index (χ1) is 15.2. The first-order valence-electron chi connectivity index (χ1n) is 9.53. The van der Waals surface area contributed by atoms with E-state index < -0.39 is 0 Å². The molecule has 0 radical (unpaired) electrons. The molecule has 3 aromatic carbocycles. The van der Waals surface area contributed by atoms with Crippen molar-refractivity contribution in [2.24, 2.45) is 0 Å². The van der Waals surface area contributed by atoms with Gasteiger partial charge in [-0.1, -0.05) is 41.7 Å². The molecule has 5 rings (SSSR count). The van der Waals surface area contributed by atoms with E-state index in [2.05, 4.69) is 15.3 Å². The lowest BCUT2D eigenvalue weighted by atomic mass is 10.2. The maximum Gasteiger partial charge on any atom is 0.261 e. The van der Waals surface area contributed by atoms with Gasteiger partial charge in [0.15, 0.2) is 5.13 Å². The van der Waals surface area contributed by atoms with Gasteiger partial charge in [-0.25, -0.2) is 9.97 Å². The number of nitrogens with one attached hydrogen (secondary N) is 1. The number of nitrogens with zero attached hydrogens (tertiary/aromatic N) is 3. The van der Waals surface area contributed by atoms with Crippen molar-refractivity contribution in [2.75, 3.05) is 5.32 Å². The van der Waals surface area contributed by atoms with Crippen molar-refractivity contribution in [3.63, 3.8) is 0 Å². The van der Waals surface area contributed by atoms with Gasteiger partial charge in [0.2, 0.25) is 5.91 Å². The number of thiazole rings is 1. The van der Waals surface area contributed by atoms with Crippen LogP contribution in [0.2, 0.25) is 0 Å². The zero-order valence-electron chi connectivity index (χ0n) is 16.2. The molecule has 31 heavy (non-hydrogen) atoms. The van der Waals surface area contributed by atoms with Crippen molar-refractivity contribution in [3.05, 3.63) is 89.5 Å². The summed E-state index contributed by atoms with van der Waals surface area (Å²) in [6.45, 7) is -0.144. The number of carbonyl (C=O) groups excluding carboxylic acids is 1. The average Bonchev–Trinajstić information content (AvgIpc) is 3.18. The molecule has 5 aromatic rings. The summed E-state index contributed by atoms with van der Waals surface area (Å²) in [4.78, 5) is 33.7. The minimum Gasteiger partial charge on any atom is -0.457 e. The molecular weight excluding hydrogens is 412 g/mol. The predicted molar refractivity (Wildman–Crippen MR) is 121 cm³/mol. The second-order valence-corrected chi connectivity index (χ2v) is 7.84. The number of aromatic nitrogens is 3. The van der Waals surface area contributed by atoms with Crippen LogP contribution >= 0.6 is 11.3 Å². The number of para-hydroxylation sites is 2. The number of amides is 1. The van der Waals surface area contributed by atoms with Gasteiger partial charge in [-0.3, -0.25) is 14.2 Å². The Morgan fingerprint density at radius 1 is 0.968 bits per heavy atom. The second-order valence-electron chi connectivity index (χ2n) is 6.81. The van der Waals surface area contributed by atoms with Crippen LogP contribution in [0.25, 0.3) is 21.1 Å². The fourth-order valence-electron chi connectivity index (χ4n) is 3.18. The molecule has 0 bridgehead atoms. The highest BCUT2D eigenvalue weighted by Gasteiger charge is 2.12. The third-order valence-corrected chi connectivity index (χ3v) is 5.56. The van der Waals surface area contributed by atoms with Gasteiger partial charge in [0, 0.05) is 6.07 Å². The molecule has 0 aliphatic carbocycles. The van der Waals surface area contributed by atoms with E-state index in [1.165, 1.54) is 22.2 Å². The summed E-state index contributed by atoms with van der Waals surface area (Å²) in [5, 5.41) is 3.70. The SMILES string of the molecule is O=C(Cn1cnc2ccccc2c1=O)Nc1nc2ccc(Oc3ccccc3)cc2s1. The molecule has 0 fully saturated rings. The summed E-state index contributed by atoms with van der Waals surface area (Å²) in [5.74, 6) is 1.09. The van der Waals surface area contributed by atoms with E-state index in [4.69, 9.17) is 4.74 Å². The van der Waals surface area contributed by atoms with Gasteiger partial charge in [0.1, 0.15) is 18.0 Å². The van der Waals surface area contributed by atoms with E-state index >= 15 is 0 Å². The molecule has 0 aliphatic rings. The lowest BCUT2D eigenvalue weighted by Gasteiger charge is -2.06. The van der Waals surface area contributed by atoms with Crippen LogP contribution in [0.15, 0.2) is 83.9 Å². The first kappa shape index (κ1) is 19.0. The van der Waals surface area contributed by atoms with Crippen LogP contribution in [0.1, 0.15) is 0 Å². The van der Waals surface area contributed by atoms with Crippen molar-refractivity contribution in [3.8, 4) is 11.5 Å². The molecule has 2 aromatic heterocycles. The number of rotatable bonds is 5. The maximum absolute atomic E-state index is 12.6. The van der Waals surface area contributed by atoms with Gasteiger partial charge in [0.25, 0.3) is 5.56 Å². The van der Waals surface area contributed by atoms with E-state index in [1.807, 2.05) is 54.6 Å². The topological polar surface area (TPSA) is 86.1 Å². The summed E-state index contributed by atoms with van der Waals surface area (Å²) in [5.41, 5.74) is 1.10. The Bertz CT molecular complexity index is 1460. The van der Waals surface area contributed by atoms with Gasteiger partial charge >= 0.3 is 0 Å². The fraction of sp³-hybridized carbons (Fsp3) is 0.0435. The fourth-order valence-corrected chi connectivity index (χ4v) is 4.09. The Balaban J connectivity index is 1.32. The Morgan fingerprint density at radius 3 is 2.65 bits per heavy atom. The van der Waals surface area contributed by atoms with Gasteiger partial charge in [0.05, 0.1) is 27.4 Å². The number of ether oxygens (including phenoxy) is 1. The number of anilines is 1. The van der Waals surface area contributed by atoms with Crippen LogP contribution in [0, 0.1) is 0 Å². The van der Waals surface area contributed by atoms with E-state index in [1.54, 1.807) is 18.2 Å². The second kappa shape index (κ2) is 8.00. The predicted octanol–water partition coefficient (Wildman–Crippen LogP) is 4.44. The minimum absolute atomic E-state index is 0.144. The summed E-state index contributed by atoms with van der Waals surface area (Å²) < 4.78 is 8.02. The molecule has 0 aliphatic heterocycles. The Labute approximate surface area is 180 Å². The smallest absolute Gasteiger partial charge is 0.261 e. The first-order valence-corrected chi connectivity index (χ1v) is 10.3. The van der Waals surface area contributed by atoms with Crippen molar-refractivity contribution in [1.82, 2.24) is 14.5 Å². The lowest BCUT2D eigenvalue weighted by molar-refractivity contribution is -0.116. The third-order valence-electron chi connectivity index (χ3n) is 4.63. The highest BCUT2D eigenvalue weighted by Crippen LogP contribution is 2.31. The summed E-state index contributed by atoms with van der Waals surface area (Å²) in [6, 6.07) is 22.1.